The first kappa shape index (κ1) is 22.3. The Morgan fingerprint density at radius 3 is 2.64 bits per heavy atom. The van der Waals surface area contributed by atoms with Gasteiger partial charge in [0, 0.05) is 44.8 Å². The van der Waals surface area contributed by atoms with E-state index < -0.39 is 0 Å². The zero-order valence-electron chi connectivity index (χ0n) is 18.9. The lowest BCUT2D eigenvalue weighted by Crippen LogP contribution is -2.44. The molecule has 0 spiro atoms. The molecule has 7 heteroatoms. The second-order valence-electron chi connectivity index (χ2n) is 8.05. The first-order chi connectivity index (χ1) is 16.2. The van der Waals surface area contributed by atoms with Gasteiger partial charge in [0.2, 0.25) is 5.91 Å². The number of nitrogens with zero attached hydrogens (tertiary/aromatic N) is 4. The Labute approximate surface area is 194 Å². The number of piperidine rings is 1. The van der Waals surface area contributed by atoms with Crippen LogP contribution in [0.3, 0.4) is 0 Å². The molecule has 0 atom stereocenters. The van der Waals surface area contributed by atoms with E-state index in [2.05, 4.69) is 56.0 Å². The van der Waals surface area contributed by atoms with Crippen LogP contribution in [0.4, 0.5) is 5.69 Å². The number of benzene rings is 2. The van der Waals surface area contributed by atoms with E-state index in [4.69, 9.17) is 0 Å². The molecule has 1 aromatic heterocycles. The fourth-order valence-electron chi connectivity index (χ4n) is 3.95. The average Bonchev–Trinajstić information content (AvgIpc) is 3.34. The monoisotopic (exact) mass is 442 g/mol. The average molecular weight is 443 g/mol. The Morgan fingerprint density at radius 1 is 1.09 bits per heavy atom. The zero-order valence-corrected chi connectivity index (χ0v) is 18.9. The fourth-order valence-corrected chi connectivity index (χ4v) is 3.95. The molecule has 0 unspecified atom stereocenters. The highest BCUT2D eigenvalue weighted by atomic mass is 16.2. The summed E-state index contributed by atoms with van der Waals surface area (Å²) >= 11 is 0. The quantitative estimate of drug-likeness (QED) is 0.450. The van der Waals surface area contributed by atoms with E-state index >= 15 is 0 Å². The van der Waals surface area contributed by atoms with Crippen LogP contribution in [0.25, 0.3) is 6.08 Å². The molecule has 4 rings (SSSR count). The summed E-state index contributed by atoms with van der Waals surface area (Å²) in [6.07, 6.45) is 7.81. The van der Waals surface area contributed by atoms with E-state index in [1.54, 1.807) is 23.1 Å². The van der Waals surface area contributed by atoms with Crippen LogP contribution in [0.1, 0.15) is 24.0 Å². The van der Waals surface area contributed by atoms with E-state index in [0.717, 1.165) is 43.1 Å². The fraction of sp³-hybridized carbons (Fsp3) is 0.269. The van der Waals surface area contributed by atoms with Crippen LogP contribution in [0.2, 0.25) is 0 Å². The van der Waals surface area contributed by atoms with Gasteiger partial charge in [-0.1, -0.05) is 54.1 Å². The van der Waals surface area contributed by atoms with Crippen molar-refractivity contribution in [3.8, 4) is 0 Å². The number of rotatable bonds is 6. The van der Waals surface area contributed by atoms with Crippen molar-refractivity contribution in [2.75, 3.05) is 25.5 Å². The van der Waals surface area contributed by atoms with Gasteiger partial charge in [0.1, 0.15) is 6.54 Å². The Kier molecular flexibility index (Phi) is 7.53. The maximum absolute atomic E-state index is 12.2. The summed E-state index contributed by atoms with van der Waals surface area (Å²) in [5.74, 6) is 0.800. The molecule has 0 saturated carbocycles. The van der Waals surface area contributed by atoms with Gasteiger partial charge in [0.05, 0.1) is 0 Å². The molecule has 0 aliphatic carbocycles. The third-order valence-corrected chi connectivity index (χ3v) is 5.61. The van der Waals surface area contributed by atoms with Crippen LogP contribution in [0.15, 0.2) is 83.6 Å². The molecule has 0 bridgehead atoms. The molecule has 1 amide bonds. The highest BCUT2D eigenvalue weighted by molar-refractivity contribution is 5.90. The summed E-state index contributed by atoms with van der Waals surface area (Å²) in [5.41, 5.74) is 4.59. The maximum atomic E-state index is 12.2. The number of carbonyl (C=O) groups is 1. The van der Waals surface area contributed by atoms with Crippen molar-refractivity contribution in [1.29, 1.82) is 0 Å². The van der Waals surface area contributed by atoms with Gasteiger partial charge >= 0.3 is 0 Å². The normalized spacial score (nSPS) is 14.2. The van der Waals surface area contributed by atoms with Crippen molar-refractivity contribution in [2.24, 2.45) is 4.99 Å². The summed E-state index contributed by atoms with van der Waals surface area (Å²) in [5, 5.41) is 10.5. The summed E-state index contributed by atoms with van der Waals surface area (Å²) in [6, 6.07) is 20.2. The van der Waals surface area contributed by atoms with Crippen molar-refractivity contribution >= 4 is 23.6 Å². The van der Waals surface area contributed by atoms with Crippen LogP contribution in [0.5, 0.6) is 0 Å². The molecule has 1 saturated heterocycles. The molecule has 33 heavy (non-hydrogen) atoms. The second-order valence-corrected chi connectivity index (χ2v) is 8.05. The van der Waals surface area contributed by atoms with Crippen LogP contribution >= 0.6 is 0 Å². The molecular weight excluding hydrogens is 412 g/mol. The molecular formula is C26H30N6O. The van der Waals surface area contributed by atoms with Gasteiger partial charge in [-0.25, -0.2) is 0 Å². The standard InChI is InChI=1S/C26H30N6O/c1-27-26(31-15-11-22(12-16-31)17-21-7-3-2-4-8-21)28-19-23-9-5-10-24(18-23)30-25(33)20-32-14-6-13-29-32/h2-10,13-14,17-18H,11-12,15-16,19-20H2,1H3,(H,27,28)(H,30,33). The minimum Gasteiger partial charge on any atom is -0.352 e. The highest BCUT2D eigenvalue weighted by Crippen LogP contribution is 2.19. The number of anilines is 1. The van der Waals surface area contributed by atoms with Crippen molar-refractivity contribution in [1.82, 2.24) is 20.0 Å². The Hall–Kier alpha value is -3.87. The summed E-state index contributed by atoms with van der Waals surface area (Å²) < 4.78 is 1.60. The Bertz CT molecular complexity index is 1090. The zero-order chi connectivity index (χ0) is 22.9. The number of guanidine groups is 1. The number of nitrogens with one attached hydrogen (secondary N) is 2. The van der Waals surface area contributed by atoms with Gasteiger partial charge in [0.15, 0.2) is 5.96 Å². The van der Waals surface area contributed by atoms with Gasteiger partial charge in [-0.15, -0.1) is 0 Å². The molecule has 2 aromatic carbocycles. The molecule has 2 N–H and O–H groups in total. The molecule has 1 fully saturated rings. The lowest BCUT2D eigenvalue weighted by molar-refractivity contribution is -0.116. The van der Waals surface area contributed by atoms with Crippen LogP contribution in [-0.4, -0.2) is 46.7 Å². The lowest BCUT2D eigenvalue weighted by Gasteiger charge is -2.31. The van der Waals surface area contributed by atoms with E-state index in [1.165, 1.54) is 11.1 Å². The number of amides is 1. The van der Waals surface area contributed by atoms with E-state index in [1.807, 2.05) is 37.4 Å². The number of hydrogen-bond donors (Lipinski definition) is 2. The van der Waals surface area contributed by atoms with Gasteiger partial charge in [-0.2, -0.15) is 5.10 Å². The van der Waals surface area contributed by atoms with E-state index in [-0.39, 0.29) is 12.5 Å². The predicted molar refractivity (Wildman–Crippen MR) is 133 cm³/mol. The first-order valence-corrected chi connectivity index (χ1v) is 11.3. The number of aliphatic imine (C=N–C) groups is 1. The molecule has 0 radical (unpaired) electrons. The van der Waals surface area contributed by atoms with Crippen molar-refractivity contribution in [3.05, 3.63) is 89.8 Å². The Morgan fingerprint density at radius 2 is 1.91 bits per heavy atom. The Balaban J connectivity index is 1.28. The third-order valence-electron chi connectivity index (χ3n) is 5.61. The maximum Gasteiger partial charge on any atom is 0.246 e. The molecule has 7 nitrogen and oxygen atoms in total. The summed E-state index contributed by atoms with van der Waals surface area (Å²) in [7, 11) is 1.82. The predicted octanol–water partition coefficient (Wildman–Crippen LogP) is 3.78. The SMILES string of the molecule is CN=C(NCc1cccc(NC(=O)Cn2cccn2)c1)N1CCC(=Cc2ccccc2)CC1. The van der Waals surface area contributed by atoms with E-state index in [0.29, 0.717) is 6.54 Å². The van der Waals surface area contributed by atoms with Gasteiger partial charge in [0.25, 0.3) is 0 Å². The molecule has 170 valence electrons. The van der Waals surface area contributed by atoms with E-state index in [9.17, 15) is 4.79 Å². The number of hydrogen-bond acceptors (Lipinski definition) is 3. The topological polar surface area (TPSA) is 74.5 Å². The summed E-state index contributed by atoms with van der Waals surface area (Å²) in [6.45, 7) is 2.72. The van der Waals surface area contributed by atoms with Crippen molar-refractivity contribution in [2.45, 2.75) is 25.9 Å². The highest BCUT2D eigenvalue weighted by Gasteiger charge is 2.17. The minimum atomic E-state index is -0.104. The van der Waals surface area contributed by atoms with Crippen LogP contribution < -0.4 is 10.6 Å². The largest absolute Gasteiger partial charge is 0.352 e. The van der Waals surface area contributed by atoms with Crippen LogP contribution in [0, 0.1) is 0 Å². The van der Waals surface area contributed by atoms with Gasteiger partial charge < -0.3 is 15.5 Å². The minimum absolute atomic E-state index is 0.104. The number of carbonyl (C=O) groups excluding carboxylic acids is 1. The summed E-state index contributed by atoms with van der Waals surface area (Å²) in [4.78, 5) is 19.0. The van der Waals surface area contributed by atoms with Crippen molar-refractivity contribution in [3.63, 3.8) is 0 Å². The molecule has 1 aliphatic heterocycles. The molecule has 1 aliphatic rings. The lowest BCUT2D eigenvalue weighted by atomic mass is 10.0. The molecule has 2 heterocycles. The van der Waals surface area contributed by atoms with Crippen molar-refractivity contribution < 1.29 is 4.79 Å². The number of aromatic nitrogens is 2. The third kappa shape index (κ3) is 6.55. The smallest absolute Gasteiger partial charge is 0.246 e. The van der Waals surface area contributed by atoms with Gasteiger partial charge in [-0.3, -0.25) is 14.5 Å². The second kappa shape index (κ2) is 11.1. The first-order valence-electron chi connectivity index (χ1n) is 11.3. The van der Waals surface area contributed by atoms with Gasteiger partial charge in [-0.05, 0) is 42.2 Å². The number of likely N-dealkylation sites (tertiary alicyclic amines) is 1. The van der Waals surface area contributed by atoms with Crippen LogP contribution in [-0.2, 0) is 17.9 Å². The molecule has 3 aromatic rings.